The van der Waals surface area contributed by atoms with Crippen molar-refractivity contribution in [2.24, 2.45) is 12.0 Å². The molecule has 158 valence electrons. The van der Waals surface area contributed by atoms with Gasteiger partial charge in [0.25, 0.3) is 0 Å². The standard InChI is InChI=1S/C22H28FN7/c1-3-24-22(29-12-9-17(16-29)18-14-26-28(2)15-18)25-11-8-20-10-13-30(27-20)21-6-4-19(23)5-7-21/h4-7,10,13-15,17H,3,8-9,11-12,16H2,1-2H3,(H,24,25). The van der Waals surface area contributed by atoms with Gasteiger partial charge in [-0.05, 0) is 49.2 Å². The molecule has 0 amide bonds. The molecule has 0 radical (unpaired) electrons. The van der Waals surface area contributed by atoms with Gasteiger partial charge in [-0.15, -0.1) is 0 Å². The molecular weight excluding hydrogens is 381 g/mol. The normalized spacial score (nSPS) is 17.0. The first kappa shape index (κ1) is 20.1. The second kappa shape index (κ2) is 9.11. The van der Waals surface area contributed by atoms with E-state index >= 15 is 0 Å². The number of guanidine groups is 1. The Morgan fingerprint density at radius 1 is 1.27 bits per heavy atom. The zero-order valence-electron chi connectivity index (χ0n) is 17.5. The van der Waals surface area contributed by atoms with E-state index in [1.807, 2.05) is 30.2 Å². The van der Waals surface area contributed by atoms with Gasteiger partial charge in [0.2, 0.25) is 0 Å². The zero-order valence-corrected chi connectivity index (χ0v) is 17.5. The van der Waals surface area contributed by atoms with Crippen molar-refractivity contribution < 1.29 is 4.39 Å². The molecule has 30 heavy (non-hydrogen) atoms. The number of benzene rings is 1. The summed E-state index contributed by atoms with van der Waals surface area (Å²) in [6.07, 6.45) is 7.84. The number of halogens is 1. The molecule has 0 spiro atoms. The van der Waals surface area contributed by atoms with Crippen molar-refractivity contribution in [3.05, 3.63) is 66.0 Å². The number of likely N-dealkylation sites (tertiary alicyclic amines) is 1. The van der Waals surface area contributed by atoms with Crippen LogP contribution >= 0.6 is 0 Å². The summed E-state index contributed by atoms with van der Waals surface area (Å²) in [6, 6.07) is 8.32. The number of hydrogen-bond donors (Lipinski definition) is 1. The van der Waals surface area contributed by atoms with E-state index in [-0.39, 0.29) is 5.82 Å². The van der Waals surface area contributed by atoms with Crippen molar-refractivity contribution >= 4 is 5.96 Å². The molecular formula is C22H28FN7. The highest BCUT2D eigenvalue weighted by Crippen LogP contribution is 2.26. The quantitative estimate of drug-likeness (QED) is 0.502. The molecule has 2 aromatic heterocycles. The van der Waals surface area contributed by atoms with E-state index in [1.165, 1.54) is 17.7 Å². The van der Waals surface area contributed by atoms with Gasteiger partial charge in [-0.25, -0.2) is 9.07 Å². The number of nitrogens with one attached hydrogen (secondary N) is 1. The van der Waals surface area contributed by atoms with E-state index < -0.39 is 0 Å². The van der Waals surface area contributed by atoms with Crippen LogP contribution in [0.25, 0.3) is 5.69 Å². The number of aliphatic imine (C=N–C) groups is 1. The molecule has 3 aromatic rings. The summed E-state index contributed by atoms with van der Waals surface area (Å²) in [5.41, 5.74) is 3.11. The van der Waals surface area contributed by atoms with Crippen LogP contribution in [0.4, 0.5) is 4.39 Å². The number of nitrogens with zero attached hydrogens (tertiary/aromatic N) is 6. The summed E-state index contributed by atoms with van der Waals surface area (Å²) in [5, 5.41) is 12.3. The second-order valence-corrected chi connectivity index (χ2v) is 7.59. The molecule has 0 bridgehead atoms. The van der Waals surface area contributed by atoms with Crippen LogP contribution in [-0.2, 0) is 13.5 Å². The van der Waals surface area contributed by atoms with Crippen molar-refractivity contribution in [3.63, 3.8) is 0 Å². The van der Waals surface area contributed by atoms with Crippen LogP contribution in [0, 0.1) is 5.82 Å². The zero-order chi connectivity index (χ0) is 20.9. The lowest BCUT2D eigenvalue weighted by atomic mass is 10.0. The molecule has 1 aliphatic heterocycles. The minimum atomic E-state index is -0.246. The van der Waals surface area contributed by atoms with Crippen LogP contribution in [0.3, 0.4) is 0 Å². The molecule has 1 unspecified atom stereocenters. The molecule has 1 saturated heterocycles. The minimum Gasteiger partial charge on any atom is -0.357 e. The van der Waals surface area contributed by atoms with Crippen LogP contribution in [0.5, 0.6) is 0 Å². The molecule has 1 aliphatic rings. The van der Waals surface area contributed by atoms with Gasteiger partial charge in [0.15, 0.2) is 5.96 Å². The molecule has 0 saturated carbocycles. The van der Waals surface area contributed by atoms with E-state index in [1.54, 1.807) is 16.8 Å². The van der Waals surface area contributed by atoms with Crippen LogP contribution < -0.4 is 5.32 Å². The predicted molar refractivity (Wildman–Crippen MR) is 115 cm³/mol. The van der Waals surface area contributed by atoms with E-state index in [9.17, 15) is 4.39 Å². The van der Waals surface area contributed by atoms with E-state index in [4.69, 9.17) is 4.99 Å². The first-order chi connectivity index (χ1) is 14.6. The highest BCUT2D eigenvalue weighted by molar-refractivity contribution is 5.80. The minimum absolute atomic E-state index is 0.246. The fraction of sp³-hybridized carbons (Fsp3) is 0.409. The van der Waals surface area contributed by atoms with Gasteiger partial charge in [-0.3, -0.25) is 9.67 Å². The molecule has 8 heteroatoms. The highest BCUT2D eigenvalue weighted by atomic mass is 19.1. The van der Waals surface area contributed by atoms with Crippen molar-refractivity contribution in [2.45, 2.75) is 25.7 Å². The first-order valence-corrected chi connectivity index (χ1v) is 10.4. The van der Waals surface area contributed by atoms with Gasteiger partial charge in [-0.2, -0.15) is 10.2 Å². The molecule has 0 aliphatic carbocycles. The largest absolute Gasteiger partial charge is 0.357 e. The molecule has 1 aromatic carbocycles. The van der Waals surface area contributed by atoms with Gasteiger partial charge >= 0.3 is 0 Å². The van der Waals surface area contributed by atoms with Crippen molar-refractivity contribution in [2.75, 3.05) is 26.2 Å². The Morgan fingerprint density at radius 3 is 2.83 bits per heavy atom. The third-order valence-corrected chi connectivity index (χ3v) is 5.38. The summed E-state index contributed by atoms with van der Waals surface area (Å²) in [4.78, 5) is 7.16. The van der Waals surface area contributed by atoms with Crippen LogP contribution in [0.1, 0.15) is 30.5 Å². The van der Waals surface area contributed by atoms with Crippen molar-refractivity contribution in [3.8, 4) is 5.69 Å². The summed E-state index contributed by atoms with van der Waals surface area (Å²) in [7, 11) is 1.96. The maximum Gasteiger partial charge on any atom is 0.193 e. The lowest BCUT2D eigenvalue weighted by Gasteiger charge is -2.21. The summed E-state index contributed by atoms with van der Waals surface area (Å²) in [6.45, 7) is 5.54. The lowest BCUT2D eigenvalue weighted by Crippen LogP contribution is -2.40. The highest BCUT2D eigenvalue weighted by Gasteiger charge is 2.26. The Morgan fingerprint density at radius 2 is 2.10 bits per heavy atom. The van der Waals surface area contributed by atoms with Crippen LogP contribution in [0.15, 0.2) is 53.9 Å². The maximum absolute atomic E-state index is 13.1. The summed E-state index contributed by atoms with van der Waals surface area (Å²) in [5.74, 6) is 1.21. The smallest absolute Gasteiger partial charge is 0.193 e. The average Bonchev–Trinajstić information content (AvgIpc) is 3.48. The number of hydrogen-bond acceptors (Lipinski definition) is 3. The van der Waals surface area contributed by atoms with Crippen LogP contribution in [0.2, 0.25) is 0 Å². The summed E-state index contributed by atoms with van der Waals surface area (Å²) >= 11 is 0. The third-order valence-electron chi connectivity index (χ3n) is 5.38. The number of aryl methyl sites for hydroxylation is 1. The Balaban J connectivity index is 1.36. The van der Waals surface area contributed by atoms with Gasteiger partial charge in [0, 0.05) is 58.0 Å². The molecule has 4 rings (SSSR count). The maximum atomic E-state index is 13.1. The Kier molecular flexibility index (Phi) is 6.11. The number of aromatic nitrogens is 4. The topological polar surface area (TPSA) is 63.3 Å². The number of rotatable bonds is 6. The second-order valence-electron chi connectivity index (χ2n) is 7.59. The van der Waals surface area contributed by atoms with Gasteiger partial charge in [0.1, 0.15) is 5.82 Å². The predicted octanol–water partition coefficient (Wildman–Crippen LogP) is 2.74. The molecule has 3 heterocycles. The Hall–Kier alpha value is -3.16. The Labute approximate surface area is 176 Å². The lowest BCUT2D eigenvalue weighted by molar-refractivity contribution is 0.486. The summed E-state index contributed by atoms with van der Waals surface area (Å²) < 4.78 is 16.7. The molecule has 1 atom stereocenters. The Bertz CT molecular complexity index is 989. The first-order valence-electron chi connectivity index (χ1n) is 10.4. The van der Waals surface area contributed by atoms with E-state index in [0.29, 0.717) is 12.5 Å². The van der Waals surface area contributed by atoms with Gasteiger partial charge < -0.3 is 10.2 Å². The fourth-order valence-electron chi connectivity index (χ4n) is 3.81. The molecule has 1 fully saturated rings. The monoisotopic (exact) mass is 409 g/mol. The third kappa shape index (κ3) is 4.69. The van der Waals surface area contributed by atoms with E-state index in [2.05, 4.69) is 33.5 Å². The van der Waals surface area contributed by atoms with Gasteiger partial charge in [-0.1, -0.05) is 0 Å². The van der Waals surface area contributed by atoms with Gasteiger partial charge in [0.05, 0.1) is 17.6 Å². The molecule has 1 N–H and O–H groups in total. The van der Waals surface area contributed by atoms with Crippen molar-refractivity contribution in [1.29, 1.82) is 0 Å². The van der Waals surface area contributed by atoms with E-state index in [0.717, 1.165) is 49.8 Å². The SMILES string of the molecule is CCNC(=NCCc1ccn(-c2ccc(F)cc2)n1)N1CCC(c2cnn(C)c2)C1. The average molecular weight is 410 g/mol. The van der Waals surface area contributed by atoms with Crippen molar-refractivity contribution in [1.82, 2.24) is 29.8 Å². The van der Waals surface area contributed by atoms with Crippen LogP contribution in [-0.4, -0.2) is 56.6 Å². The molecule has 7 nitrogen and oxygen atoms in total. The fourth-order valence-corrected chi connectivity index (χ4v) is 3.81.